The quantitative estimate of drug-likeness (QED) is 0.814. The summed E-state index contributed by atoms with van der Waals surface area (Å²) in [5.74, 6) is -0.769. The van der Waals surface area contributed by atoms with Crippen LogP contribution < -0.4 is 0 Å². The SMILES string of the molecule is O=C(O)C1CCCN1C(c1cccc(Br)c1)c1ccccc1Cl. The number of likely N-dealkylation sites (tertiary alicyclic amines) is 1. The number of hydrogen-bond donors (Lipinski definition) is 1. The number of carboxylic acid groups (broad SMARTS) is 1. The predicted molar refractivity (Wildman–Crippen MR) is 94.8 cm³/mol. The summed E-state index contributed by atoms with van der Waals surface area (Å²) in [6.07, 6.45) is 1.55. The summed E-state index contributed by atoms with van der Waals surface area (Å²) in [5.41, 5.74) is 1.99. The second-order valence-corrected chi connectivity index (χ2v) is 7.04. The molecule has 2 atom stereocenters. The van der Waals surface area contributed by atoms with E-state index in [1.807, 2.05) is 53.4 Å². The van der Waals surface area contributed by atoms with E-state index in [9.17, 15) is 9.90 Å². The molecular formula is C18H17BrClNO2. The van der Waals surface area contributed by atoms with Crippen LogP contribution in [0.5, 0.6) is 0 Å². The van der Waals surface area contributed by atoms with Crippen molar-refractivity contribution in [3.05, 3.63) is 69.2 Å². The van der Waals surface area contributed by atoms with E-state index in [-0.39, 0.29) is 6.04 Å². The smallest absolute Gasteiger partial charge is 0.320 e. The Hall–Kier alpha value is -1.36. The molecule has 0 spiro atoms. The van der Waals surface area contributed by atoms with Crippen molar-refractivity contribution in [2.24, 2.45) is 0 Å². The second kappa shape index (κ2) is 7.04. The van der Waals surface area contributed by atoms with Gasteiger partial charge in [-0.25, -0.2) is 0 Å². The maximum absolute atomic E-state index is 11.6. The van der Waals surface area contributed by atoms with Crippen LogP contribution >= 0.6 is 27.5 Å². The van der Waals surface area contributed by atoms with Crippen molar-refractivity contribution >= 4 is 33.5 Å². The standard InChI is InChI=1S/C18H17BrClNO2/c19-13-6-3-5-12(11-13)17(14-7-1-2-8-15(14)20)21-10-4-9-16(21)18(22)23/h1-3,5-8,11,16-17H,4,9-10H2,(H,22,23). The second-order valence-electron chi connectivity index (χ2n) is 5.71. The van der Waals surface area contributed by atoms with Gasteiger partial charge in [0.25, 0.3) is 0 Å². The molecule has 1 fully saturated rings. The normalized spacial score (nSPS) is 19.7. The highest BCUT2D eigenvalue weighted by Gasteiger charge is 2.37. The minimum Gasteiger partial charge on any atom is -0.480 e. The van der Waals surface area contributed by atoms with Crippen LogP contribution in [0.15, 0.2) is 53.0 Å². The van der Waals surface area contributed by atoms with Crippen LogP contribution in [0, 0.1) is 0 Å². The maximum Gasteiger partial charge on any atom is 0.320 e. The molecule has 3 rings (SSSR count). The van der Waals surface area contributed by atoms with Gasteiger partial charge in [0.15, 0.2) is 0 Å². The molecule has 3 nitrogen and oxygen atoms in total. The minimum atomic E-state index is -0.769. The highest BCUT2D eigenvalue weighted by atomic mass is 79.9. The Bertz CT molecular complexity index is 722. The maximum atomic E-state index is 11.6. The van der Waals surface area contributed by atoms with Gasteiger partial charge in [0.1, 0.15) is 6.04 Å². The highest BCUT2D eigenvalue weighted by molar-refractivity contribution is 9.10. The van der Waals surface area contributed by atoms with E-state index in [0.717, 1.165) is 28.6 Å². The van der Waals surface area contributed by atoms with Gasteiger partial charge < -0.3 is 5.11 Å². The van der Waals surface area contributed by atoms with E-state index >= 15 is 0 Å². The molecule has 23 heavy (non-hydrogen) atoms. The fourth-order valence-electron chi connectivity index (χ4n) is 3.29. The van der Waals surface area contributed by atoms with Crippen LogP contribution in [0.4, 0.5) is 0 Å². The van der Waals surface area contributed by atoms with Crippen molar-refractivity contribution in [2.45, 2.75) is 24.9 Å². The van der Waals surface area contributed by atoms with Crippen LogP contribution in [0.25, 0.3) is 0 Å². The molecule has 0 aromatic heterocycles. The average molecular weight is 395 g/mol. The molecule has 0 aliphatic carbocycles. The van der Waals surface area contributed by atoms with Gasteiger partial charge in [-0.1, -0.05) is 57.9 Å². The first-order chi connectivity index (χ1) is 11.1. The average Bonchev–Trinajstić information content (AvgIpc) is 2.99. The Labute approximate surface area is 149 Å². The topological polar surface area (TPSA) is 40.5 Å². The third-order valence-corrected chi connectivity index (χ3v) is 5.11. The zero-order valence-electron chi connectivity index (χ0n) is 12.5. The molecule has 2 aromatic rings. The van der Waals surface area contributed by atoms with Crippen molar-refractivity contribution in [1.29, 1.82) is 0 Å². The Balaban J connectivity index is 2.11. The van der Waals surface area contributed by atoms with Gasteiger partial charge in [0, 0.05) is 16.0 Å². The summed E-state index contributed by atoms with van der Waals surface area (Å²) in [7, 11) is 0. The molecule has 1 aliphatic heterocycles. The fourth-order valence-corrected chi connectivity index (χ4v) is 3.94. The van der Waals surface area contributed by atoms with Crippen molar-refractivity contribution in [3.8, 4) is 0 Å². The van der Waals surface area contributed by atoms with Crippen LogP contribution in [-0.4, -0.2) is 28.6 Å². The first-order valence-electron chi connectivity index (χ1n) is 7.56. The molecule has 1 heterocycles. The van der Waals surface area contributed by atoms with E-state index in [1.165, 1.54) is 0 Å². The van der Waals surface area contributed by atoms with Gasteiger partial charge in [0.05, 0.1) is 6.04 Å². The summed E-state index contributed by atoms with van der Waals surface area (Å²) >= 11 is 9.93. The van der Waals surface area contributed by atoms with Gasteiger partial charge >= 0.3 is 5.97 Å². The fraction of sp³-hybridized carbons (Fsp3) is 0.278. The van der Waals surface area contributed by atoms with Gasteiger partial charge in [-0.05, 0) is 42.2 Å². The molecule has 120 valence electrons. The van der Waals surface area contributed by atoms with E-state index in [2.05, 4.69) is 15.9 Å². The predicted octanol–water partition coefficient (Wildman–Crippen LogP) is 4.74. The van der Waals surface area contributed by atoms with Crippen molar-refractivity contribution in [2.75, 3.05) is 6.54 Å². The molecule has 1 aliphatic rings. The molecule has 2 aromatic carbocycles. The number of halogens is 2. The minimum absolute atomic E-state index is 0.162. The number of aliphatic carboxylic acids is 1. The molecule has 1 N–H and O–H groups in total. The Morgan fingerprint density at radius 3 is 2.74 bits per heavy atom. The van der Waals surface area contributed by atoms with E-state index < -0.39 is 12.0 Å². The number of hydrogen-bond acceptors (Lipinski definition) is 2. The van der Waals surface area contributed by atoms with Crippen LogP contribution in [0.3, 0.4) is 0 Å². The zero-order chi connectivity index (χ0) is 16.4. The molecule has 0 radical (unpaired) electrons. The molecule has 2 unspecified atom stereocenters. The van der Waals surface area contributed by atoms with Gasteiger partial charge in [-0.2, -0.15) is 0 Å². The molecule has 5 heteroatoms. The first kappa shape index (κ1) is 16.5. The molecule has 1 saturated heterocycles. The summed E-state index contributed by atoms with van der Waals surface area (Å²) in [6.45, 7) is 0.749. The third kappa shape index (κ3) is 3.44. The van der Waals surface area contributed by atoms with Crippen LogP contribution in [0.1, 0.15) is 30.0 Å². The summed E-state index contributed by atoms with van der Waals surface area (Å²) in [4.78, 5) is 13.7. The van der Waals surface area contributed by atoms with E-state index in [1.54, 1.807) is 0 Å². The van der Waals surface area contributed by atoms with E-state index in [0.29, 0.717) is 11.4 Å². The van der Waals surface area contributed by atoms with Crippen molar-refractivity contribution in [1.82, 2.24) is 4.90 Å². The summed E-state index contributed by atoms with van der Waals surface area (Å²) in [5, 5.41) is 10.2. The monoisotopic (exact) mass is 393 g/mol. The Morgan fingerprint density at radius 2 is 2.04 bits per heavy atom. The lowest BCUT2D eigenvalue weighted by atomic mass is 9.96. The number of carbonyl (C=O) groups is 1. The van der Waals surface area contributed by atoms with E-state index in [4.69, 9.17) is 11.6 Å². The molecular weight excluding hydrogens is 378 g/mol. The van der Waals surface area contributed by atoms with Gasteiger partial charge in [-0.3, -0.25) is 9.69 Å². The van der Waals surface area contributed by atoms with Crippen molar-refractivity contribution in [3.63, 3.8) is 0 Å². The lowest BCUT2D eigenvalue weighted by molar-refractivity contribution is -0.142. The van der Waals surface area contributed by atoms with Crippen LogP contribution in [0.2, 0.25) is 5.02 Å². The van der Waals surface area contributed by atoms with Gasteiger partial charge in [-0.15, -0.1) is 0 Å². The summed E-state index contributed by atoms with van der Waals surface area (Å²) < 4.78 is 0.970. The summed E-state index contributed by atoms with van der Waals surface area (Å²) in [6, 6.07) is 15.0. The Kier molecular flexibility index (Phi) is 5.05. The third-order valence-electron chi connectivity index (χ3n) is 4.28. The number of rotatable bonds is 4. The number of nitrogens with zero attached hydrogens (tertiary/aromatic N) is 1. The largest absolute Gasteiger partial charge is 0.480 e. The lowest BCUT2D eigenvalue weighted by Gasteiger charge is -2.32. The van der Waals surface area contributed by atoms with Crippen molar-refractivity contribution < 1.29 is 9.90 Å². The highest BCUT2D eigenvalue weighted by Crippen LogP contribution is 2.38. The Morgan fingerprint density at radius 1 is 1.26 bits per heavy atom. The number of benzene rings is 2. The number of carboxylic acids is 1. The first-order valence-corrected chi connectivity index (χ1v) is 8.73. The molecule has 0 saturated carbocycles. The zero-order valence-corrected chi connectivity index (χ0v) is 14.8. The molecule has 0 amide bonds. The van der Waals surface area contributed by atoms with Gasteiger partial charge in [0.2, 0.25) is 0 Å². The van der Waals surface area contributed by atoms with Crippen LogP contribution in [-0.2, 0) is 4.79 Å². The lowest BCUT2D eigenvalue weighted by Crippen LogP contribution is -2.39. The molecule has 0 bridgehead atoms.